The number of rotatable bonds is 2. The number of nitrogens with zero attached hydrogens (tertiary/aromatic N) is 2. The fourth-order valence-electron chi connectivity index (χ4n) is 2.43. The van der Waals surface area contributed by atoms with E-state index in [-0.39, 0.29) is 5.91 Å². The first-order chi connectivity index (χ1) is 11.3. The van der Waals surface area contributed by atoms with Crippen LogP contribution in [0, 0.1) is 6.92 Å². The van der Waals surface area contributed by atoms with Crippen LogP contribution in [0.4, 0.5) is 5.69 Å². The molecule has 1 amide bonds. The van der Waals surface area contributed by atoms with Gasteiger partial charge < -0.3 is 5.32 Å². The van der Waals surface area contributed by atoms with Gasteiger partial charge in [-0.2, -0.15) is 0 Å². The fourth-order valence-corrected chi connectivity index (χ4v) is 3.90. The van der Waals surface area contributed by atoms with E-state index in [1.165, 1.54) is 17.7 Å². The number of aryl methyl sites for hydroxylation is 2. The van der Waals surface area contributed by atoms with Crippen LogP contribution < -0.4 is 16.6 Å². The van der Waals surface area contributed by atoms with Crippen molar-refractivity contribution >= 4 is 49.1 Å². The summed E-state index contributed by atoms with van der Waals surface area (Å²) >= 11 is 4.51. The number of nitrogens with one attached hydrogen (secondary N) is 1. The molecule has 3 aromatic rings. The average Bonchev–Trinajstić information content (AvgIpc) is 2.99. The Labute approximate surface area is 149 Å². The number of fused-ring (bicyclic) bond motifs is 1. The molecule has 0 atom stereocenters. The molecule has 0 aliphatic carbocycles. The monoisotopic (exact) mass is 407 g/mol. The van der Waals surface area contributed by atoms with Gasteiger partial charge in [-0.25, -0.2) is 4.79 Å². The lowest BCUT2D eigenvalue weighted by atomic mass is 10.2. The van der Waals surface area contributed by atoms with Crippen LogP contribution in [0.15, 0.2) is 38.3 Å². The van der Waals surface area contributed by atoms with Crippen molar-refractivity contribution in [2.45, 2.75) is 6.92 Å². The van der Waals surface area contributed by atoms with E-state index in [0.717, 1.165) is 25.9 Å². The lowest BCUT2D eigenvalue weighted by molar-refractivity contribution is 0.103. The van der Waals surface area contributed by atoms with E-state index in [4.69, 9.17) is 0 Å². The molecule has 6 nitrogen and oxygen atoms in total. The van der Waals surface area contributed by atoms with Gasteiger partial charge in [0, 0.05) is 24.3 Å². The summed E-state index contributed by atoms with van der Waals surface area (Å²) in [5.74, 6) is -0.309. The summed E-state index contributed by atoms with van der Waals surface area (Å²) in [6.07, 6.45) is 0. The second-order valence-corrected chi connectivity index (χ2v) is 7.39. The topological polar surface area (TPSA) is 73.1 Å². The second kappa shape index (κ2) is 6.03. The first-order valence-corrected chi connectivity index (χ1v) is 8.67. The van der Waals surface area contributed by atoms with Gasteiger partial charge >= 0.3 is 5.69 Å². The zero-order chi connectivity index (χ0) is 17.6. The molecule has 0 spiro atoms. The number of thiophene rings is 1. The molecule has 0 saturated carbocycles. The summed E-state index contributed by atoms with van der Waals surface area (Å²) in [7, 11) is 3.01. The Bertz CT molecular complexity index is 1090. The van der Waals surface area contributed by atoms with Gasteiger partial charge in [0.25, 0.3) is 11.5 Å². The molecular weight excluding hydrogens is 394 g/mol. The maximum Gasteiger partial charge on any atom is 0.331 e. The fraction of sp³-hybridized carbons (Fsp3) is 0.188. The molecule has 1 aromatic carbocycles. The first-order valence-electron chi connectivity index (χ1n) is 7.06. The highest BCUT2D eigenvalue weighted by Crippen LogP contribution is 2.24. The van der Waals surface area contributed by atoms with Crippen LogP contribution in [0.3, 0.4) is 0 Å². The molecule has 0 unspecified atom stereocenters. The highest BCUT2D eigenvalue weighted by Gasteiger charge is 2.17. The third-order valence-corrected chi connectivity index (χ3v) is 5.49. The van der Waals surface area contributed by atoms with Crippen molar-refractivity contribution in [1.29, 1.82) is 0 Å². The summed E-state index contributed by atoms with van der Waals surface area (Å²) in [6, 6.07) is 7.08. The van der Waals surface area contributed by atoms with Crippen LogP contribution in [0.5, 0.6) is 0 Å². The van der Waals surface area contributed by atoms with Crippen LogP contribution >= 0.6 is 27.3 Å². The van der Waals surface area contributed by atoms with Gasteiger partial charge in [0.05, 0.1) is 10.3 Å². The van der Waals surface area contributed by atoms with Crippen LogP contribution in [-0.2, 0) is 14.1 Å². The zero-order valence-electron chi connectivity index (χ0n) is 13.2. The summed E-state index contributed by atoms with van der Waals surface area (Å²) in [5, 5.41) is 3.20. The van der Waals surface area contributed by atoms with Crippen molar-refractivity contribution in [1.82, 2.24) is 9.13 Å². The van der Waals surface area contributed by atoms with E-state index in [0.29, 0.717) is 20.8 Å². The molecule has 0 fully saturated rings. The number of hydrogen-bond acceptors (Lipinski definition) is 4. The number of hydrogen-bond donors (Lipinski definition) is 1. The smallest absolute Gasteiger partial charge is 0.321 e. The molecular formula is C16H14BrN3O3S. The number of amides is 1. The molecule has 3 rings (SSSR count). The highest BCUT2D eigenvalue weighted by atomic mass is 79.9. The minimum absolute atomic E-state index is 0.309. The van der Waals surface area contributed by atoms with Crippen LogP contribution in [0.1, 0.15) is 15.2 Å². The van der Waals surface area contributed by atoms with Crippen LogP contribution in [-0.4, -0.2) is 15.0 Å². The minimum Gasteiger partial charge on any atom is -0.321 e. The van der Waals surface area contributed by atoms with Crippen molar-refractivity contribution in [3.63, 3.8) is 0 Å². The average molecular weight is 408 g/mol. The van der Waals surface area contributed by atoms with Crippen molar-refractivity contribution in [3.8, 4) is 0 Å². The van der Waals surface area contributed by atoms with Crippen molar-refractivity contribution in [3.05, 3.63) is 60.0 Å². The Morgan fingerprint density at radius 3 is 2.54 bits per heavy atom. The van der Waals surface area contributed by atoms with E-state index in [1.54, 1.807) is 13.1 Å². The molecule has 1 N–H and O–H groups in total. The summed E-state index contributed by atoms with van der Waals surface area (Å²) < 4.78 is 3.34. The third-order valence-electron chi connectivity index (χ3n) is 3.79. The number of carbonyl (C=O) groups excluding carboxylic acids is 1. The van der Waals surface area contributed by atoms with E-state index >= 15 is 0 Å². The molecule has 0 radical (unpaired) electrons. The second-order valence-electron chi connectivity index (χ2n) is 5.45. The molecule has 0 aliphatic rings. The summed E-state index contributed by atoms with van der Waals surface area (Å²) in [6.45, 7) is 1.89. The standard InChI is InChI=1S/C16H14BrN3O3S/c1-8-6-9(17)4-5-11(8)18-13(21)12-7-10-14(22)19(2)16(23)20(3)15(10)24-12/h4-7H,1-3H3,(H,18,21). The number of benzene rings is 1. The molecule has 124 valence electrons. The molecule has 24 heavy (non-hydrogen) atoms. The Hall–Kier alpha value is -2.19. The van der Waals surface area contributed by atoms with Crippen molar-refractivity contribution in [2.24, 2.45) is 14.1 Å². The van der Waals surface area contributed by atoms with Crippen LogP contribution in [0.2, 0.25) is 0 Å². The predicted molar refractivity (Wildman–Crippen MR) is 99.1 cm³/mol. The number of aromatic nitrogens is 2. The van der Waals surface area contributed by atoms with E-state index in [1.807, 2.05) is 19.1 Å². The Morgan fingerprint density at radius 2 is 1.88 bits per heavy atom. The van der Waals surface area contributed by atoms with Gasteiger partial charge in [0.15, 0.2) is 0 Å². The maximum atomic E-state index is 12.5. The lowest BCUT2D eigenvalue weighted by Crippen LogP contribution is -2.36. The zero-order valence-corrected chi connectivity index (χ0v) is 15.6. The Kier molecular flexibility index (Phi) is 4.18. The van der Waals surface area contributed by atoms with Gasteiger partial charge in [0.1, 0.15) is 4.83 Å². The number of halogens is 1. The van der Waals surface area contributed by atoms with Gasteiger partial charge in [-0.1, -0.05) is 15.9 Å². The van der Waals surface area contributed by atoms with Gasteiger partial charge in [-0.3, -0.25) is 18.7 Å². The molecule has 0 bridgehead atoms. The van der Waals surface area contributed by atoms with Gasteiger partial charge in [-0.05, 0) is 36.8 Å². The summed E-state index contributed by atoms with van der Waals surface area (Å²) in [4.78, 5) is 37.6. The maximum absolute atomic E-state index is 12.5. The third kappa shape index (κ3) is 2.71. The van der Waals surface area contributed by atoms with E-state index in [2.05, 4.69) is 21.2 Å². The number of anilines is 1. The quantitative estimate of drug-likeness (QED) is 0.709. The molecule has 2 aromatic heterocycles. The summed E-state index contributed by atoms with van der Waals surface area (Å²) in [5.41, 5.74) is 0.804. The largest absolute Gasteiger partial charge is 0.331 e. The van der Waals surface area contributed by atoms with Gasteiger partial charge in [-0.15, -0.1) is 11.3 Å². The van der Waals surface area contributed by atoms with Gasteiger partial charge in [0.2, 0.25) is 0 Å². The minimum atomic E-state index is -0.412. The predicted octanol–water partition coefficient (Wildman–Crippen LogP) is 2.62. The van der Waals surface area contributed by atoms with Crippen molar-refractivity contribution < 1.29 is 4.79 Å². The van der Waals surface area contributed by atoms with Crippen molar-refractivity contribution in [2.75, 3.05) is 5.32 Å². The molecule has 2 heterocycles. The Balaban J connectivity index is 2.05. The SMILES string of the molecule is Cc1cc(Br)ccc1NC(=O)c1cc2c(=O)n(C)c(=O)n(C)c2s1. The number of carbonyl (C=O) groups is 1. The normalized spacial score (nSPS) is 11.0. The Morgan fingerprint density at radius 1 is 1.17 bits per heavy atom. The molecule has 0 saturated heterocycles. The van der Waals surface area contributed by atoms with E-state index < -0.39 is 11.2 Å². The molecule has 0 aliphatic heterocycles. The first kappa shape index (κ1) is 16.7. The van der Waals surface area contributed by atoms with E-state index in [9.17, 15) is 14.4 Å². The molecule has 8 heteroatoms. The lowest BCUT2D eigenvalue weighted by Gasteiger charge is -2.07. The highest BCUT2D eigenvalue weighted by molar-refractivity contribution is 9.10. The van der Waals surface area contributed by atoms with Crippen LogP contribution in [0.25, 0.3) is 10.2 Å².